The van der Waals surface area contributed by atoms with Crippen LogP contribution >= 0.6 is 0 Å². The molecular formula is C17H21F2NO2. The maximum Gasteiger partial charge on any atom is 0.226 e. The summed E-state index contributed by atoms with van der Waals surface area (Å²) in [6.45, 7) is 0.354. The van der Waals surface area contributed by atoms with E-state index in [-0.39, 0.29) is 17.7 Å². The molecule has 5 heteroatoms. The van der Waals surface area contributed by atoms with Crippen LogP contribution in [-0.4, -0.2) is 35.1 Å². The average Bonchev–Trinajstić information content (AvgIpc) is 3.16. The topological polar surface area (TPSA) is 40.5 Å². The first-order chi connectivity index (χ1) is 10.4. The Morgan fingerprint density at radius 1 is 1.32 bits per heavy atom. The van der Waals surface area contributed by atoms with E-state index in [0.29, 0.717) is 18.5 Å². The second-order valence-corrected chi connectivity index (χ2v) is 6.75. The smallest absolute Gasteiger partial charge is 0.226 e. The van der Waals surface area contributed by atoms with Crippen LogP contribution in [0, 0.1) is 17.6 Å². The zero-order valence-corrected chi connectivity index (χ0v) is 12.7. The van der Waals surface area contributed by atoms with Crippen LogP contribution in [0.2, 0.25) is 0 Å². The van der Waals surface area contributed by atoms with E-state index < -0.39 is 17.2 Å². The van der Waals surface area contributed by atoms with Crippen molar-refractivity contribution in [3.63, 3.8) is 0 Å². The molecule has 2 saturated carbocycles. The fraction of sp³-hybridized carbons (Fsp3) is 0.588. The summed E-state index contributed by atoms with van der Waals surface area (Å²) >= 11 is 0. The zero-order chi connectivity index (χ0) is 15.9. The number of halogens is 2. The molecule has 0 bridgehead atoms. The van der Waals surface area contributed by atoms with E-state index in [2.05, 4.69) is 0 Å². The van der Waals surface area contributed by atoms with Gasteiger partial charge in [0.2, 0.25) is 5.91 Å². The minimum Gasteiger partial charge on any atom is -0.388 e. The number of hydrogen-bond acceptors (Lipinski definition) is 2. The van der Waals surface area contributed by atoms with Gasteiger partial charge >= 0.3 is 0 Å². The summed E-state index contributed by atoms with van der Waals surface area (Å²) in [5.74, 6) is -1.98. The van der Waals surface area contributed by atoms with Gasteiger partial charge in [0.25, 0.3) is 0 Å². The molecule has 0 spiro atoms. The van der Waals surface area contributed by atoms with Gasteiger partial charge in [-0.1, -0.05) is 18.9 Å². The maximum atomic E-state index is 13.3. The van der Waals surface area contributed by atoms with Gasteiger partial charge in [0, 0.05) is 19.5 Å². The van der Waals surface area contributed by atoms with Crippen molar-refractivity contribution in [2.45, 2.75) is 43.6 Å². The second-order valence-electron chi connectivity index (χ2n) is 6.75. The van der Waals surface area contributed by atoms with Crippen molar-refractivity contribution in [2.24, 2.45) is 5.92 Å². The molecule has 0 saturated heterocycles. The normalized spacial score (nSPS) is 26.0. The Kier molecular flexibility index (Phi) is 3.93. The number of amides is 1. The number of hydrogen-bond donors (Lipinski definition) is 1. The van der Waals surface area contributed by atoms with Gasteiger partial charge in [0.1, 0.15) is 0 Å². The summed E-state index contributed by atoms with van der Waals surface area (Å²) in [5, 5.41) is 10.4. The van der Waals surface area contributed by atoms with E-state index in [1.54, 1.807) is 18.0 Å². The molecule has 1 aromatic rings. The van der Waals surface area contributed by atoms with E-state index in [1.807, 2.05) is 0 Å². The van der Waals surface area contributed by atoms with Crippen LogP contribution in [0.15, 0.2) is 18.2 Å². The lowest BCUT2D eigenvalue weighted by molar-refractivity contribution is -0.134. The number of nitrogens with zero attached hydrogens (tertiary/aromatic N) is 1. The van der Waals surface area contributed by atoms with E-state index in [4.69, 9.17) is 0 Å². The second kappa shape index (κ2) is 5.61. The molecule has 0 heterocycles. The van der Waals surface area contributed by atoms with Gasteiger partial charge in [-0.2, -0.15) is 0 Å². The molecule has 2 aliphatic carbocycles. The molecule has 1 amide bonds. The average molecular weight is 309 g/mol. The van der Waals surface area contributed by atoms with Gasteiger partial charge in [0.15, 0.2) is 11.6 Å². The fourth-order valence-electron chi connectivity index (χ4n) is 3.57. The fourth-order valence-corrected chi connectivity index (χ4v) is 3.57. The summed E-state index contributed by atoms with van der Waals surface area (Å²) in [6, 6.07) is 3.83. The number of rotatable bonds is 4. The predicted octanol–water partition coefficient (Wildman–Crippen LogP) is 2.83. The third-order valence-corrected chi connectivity index (χ3v) is 4.92. The number of carbonyl (C=O) groups is 1. The Labute approximate surface area is 128 Å². The molecule has 120 valence electrons. The van der Waals surface area contributed by atoms with E-state index in [9.17, 15) is 18.7 Å². The first-order valence-corrected chi connectivity index (χ1v) is 7.82. The van der Waals surface area contributed by atoms with Crippen molar-refractivity contribution in [2.75, 3.05) is 13.6 Å². The predicted molar refractivity (Wildman–Crippen MR) is 78.3 cm³/mol. The summed E-state index contributed by atoms with van der Waals surface area (Å²) < 4.78 is 26.2. The Balaban J connectivity index is 1.61. The minimum atomic E-state index is -0.871. The Morgan fingerprint density at radius 2 is 2.00 bits per heavy atom. The van der Waals surface area contributed by atoms with Crippen molar-refractivity contribution in [3.8, 4) is 0 Å². The van der Waals surface area contributed by atoms with Crippen LogP contribution in [0.1, 0.15) is 43.6 Å². The zero-order valence-electron chi connectivity index (χ0n) is 12.7. The van der Waals surface area contributed by atoms with Gasteiger partial charge in [0.05, 0.1) is 5.60 Å². The van der Waals surface area contributed by atoms with Gasteiger partial charge in [-0.15, -0.1) is 0 Å². The van der Waals surface area contributed by atoms with Gasteiger partial charge in [-0.3, -0.25) is 4.79 Å². The highest BCUT2D eigenvalue weighted by Crippen LogP contribution is 2.48. The highest BCUT2D eigenvalue weighted by molar-refractivity contribution is 5.82. The molecule has 2 unspecified atom stereocenters. The first-order valence-electron chi connectivity index (χ1n) is 7.82. The maximum absolute atomic E-state index is 13.3. The molecule has 0 aromatic heterocycles. The molecule has 1 N–H and O–H groups in total. The molecule has 22 heavy (non-hydrogen) atoms. The quantitative estimate of drug-likeness (QED) is 0.929. The number of likely N-dealkylation sites (N-methyl/N-ethyl adjacent to an activating group) is 1. The molecule has 0 aliphatic heterocycles. The lowest BCUT2D eigenvalue weighted by Gasteiger charge is -2.28. The van der Waals surface area contributed by atoms with E-state index in [0.717, 1.165) is 31.7 Å². The van der Waals surface area contributed by atoms with Crippen molar-refractivity contribution >= 4 is 5.91 Å². The largest absolute Gasteiger partial charge is 0.388 e. The highest BCUT2D eigenvalue weighted by Gasteiger charge is 2.46. The summed E-state index contributed by atoms with van der Waals surface area (Å²) in [6.07, 6.45) is 4.13. The molecule has 2 fully saturated rings. The van der Waals surface area contributed by atoms with Crippen LogP contribution in [0.4, 0.5) is 8.78 Å². The number of carbonyl (C=O) groups excluding carboxylic acids is 1. The van der Waals surface area contributed by atoms with Crippen molar-refractivity contribution in [1.82, 2.24) is 4.90 Å². The summed E-state index contributed by atoms with van der Waals surface area (Å²) in [4.78, 5) is 14.0. The lowest BCUT2D eigenvalue weighted by atomic mass is 10.0. The molecular weight excluding hydrogens is 288 g/mol. The molecule has 3 nitrogen and oxygen atoms in total. The van der Waals surface area contributed by atoms with Crippen molar-refractivity contribution in [1.29, 1.82) is 0 Å². The third-order valence-electron chi connectivity index (χ3n) is 4.92. The van der Waals surface area contributed by atoms with Crippen molar-refractivity contribution in [3.05, 3.63) is 35.4 Å². The van der Waals surface area contributed by atoms with E-state index >= 15 is 0 Å². The Hall–Kier alpha value is -1.49. The number of benzene rings is 1. The van der Waals surface area contributed by atoms with Crippen LogP contribution < -0.4 is 0 Å². The Bertz CT molecular complexity index is 584. The monoisotopic (exact) mass is 309 g/mol. The van der Waals surface area contributed by atoms with Crippen LogP contribution in [0.5, 0.6) is 0 Å². The van der Waals surface area contributed by atoms with Crippen LogP contribution in [0.3, 0.4) is 0 Å². The van der Waals surface area contributed by atoms with Crippen LogP contribution in [0.25, 0.3) is 0 Å². The molecule has 3 rings (SSSR count). The molecule has 2 aliphatic rings. The summed E-state index contributed by atoms with van der Waals surface area (Å²) in [7, 11) is 1.71. The van der Waals surface area contributed by atoms with Gasteiger partial charge in [-0.25, -0.2) is 8.78 Å². The molecule has 0 radical (unpaired) electrons. The third kappa shape index (κ3) is 3.00. The van der Waals surface area contributed by atoms with E-state index in [1.165, 1.54) is 6.07 Å². The van der Waals surface area contributed by atoms with Crippen molar-refractivity contribution < 1.29 is 18.7 Å². The minimum absolute atomic E-state index is 0.0185. The number of aliphatic hydroxyl groups is 1. The lowest BCUT2D eigenvalue weighted by Crippen LogP contribution is -2.42. The van der Waals surface area contributed by atoms with Gasteiger partial charge in [-0.05, 0) is 42.9 Å². The van der Waals surface area contributed by atoms with Crippen LogP contribution in [-0.2, 0) is 4.79 Å². The van der Waals surface area contributed by atoms with Gasteiger partial charge < -0.3 is 10.0 Å². The standard InChI is InChI=1S/C17H21F2NO2/c1-20(10-17(22)6-2-3-7-17)16(21)13-9-12(13)11-4-5-14(18)15(19)8-11/h4-5,8,12-13,22H,2-3,6-7,9-10H2,1H3. The summed E-state index contributed by atoms with van der Waals surface area (Å²) in [5.41, 5.74) is -0.0817. The SMILES string of the molecule is CN(CC1(O)CCCC1)C(=O)C1CC1c1ccc(F)c(F)c1. The Morgan fingerprint density at radius 3 is 2.64 bits per heavy atom. The molecule has 1 aromatic carbocycles. The first kappa shape index (κ1) is 15.4. The highest BCUT2D eigenvalue weighted by atomic mass is 19.2. The molecule has 2 atom stereocenters.